The third-order valence-corrected chi connectivity index (χ3v) is 7.09. The summed E-state index contributed by atoms with van der Waals surface area (Å²) in [6, 6.07) is 8.58. The van der Waals surface area contributed by atoms with Crippen LogP contribution in [-0.2, 0) is 6.54 Å². The van der Waals surface area contributed by atoms with Gasteiger partial charge in [-0.1, -0.05) is 18.2 Å². The average Bonchev–Trinajstić information content (AvgIpc) is 3.42. The van der Waals surface area contributed by atoms with Gasteiger partial charge in [0.05, 0.1) is 0 Å². The summed E-state index contributed by atoms with van der Waals surface area (Å²) in [7, 11) is 0. The number of amides is 1. The largest absolute Gasteiger partial charge is 0.447 e. The highest BCUT2D eigenvalue weighted by atomic mass is 32.1. The third-order valence-electron chi connectivity index (χ3n) is 6.08. The number of hydrogen-bond donors (Lipinski definition) is 1. The molecule has 5 rings (SSSR count). The Morgan fingerprint density at radius 1 is 1.24 bits per heavy atom. The summed E-state index contributed by atoms with van der Waals surface area (Å²) < 4.78 is 6.98. The Balaban J connectivity index is 1.22. The maximum Gasteiger partial charge on any atom is 0.276 e. The molecule has 7 heteroatoms. The Labute approximate surface area is 174 Å². The molecule has 1 atom stereocenters. The lowest BCUT2D eigenvalue weighted by Crippen LogP contribution is -2.48. The number of hydrogen-bond acceptors (Lipinski definition) is 6. The molecule has 2 saturated heterocycles. The molecule has 1 N–H and O–H groups in total. The second-order valence-corrected chi connectivity index (χ2v) is 8.85. The van der Waals surface area contributed by atoms with Crippen molar-refractivity contribution in [2.45, 2.75) is 25.3 Å². The Kier molecular flexibility index (Phi) is 5.35. The van der Waals surface area contributed by atoms with E-state index in [4.69, 9.17) is 4.42 Å². The lowest BCUT2D eigenvalue weighted by Gasteiger charge is -2.34. The van der Waals surface area contributed by atoms with Crippen molar-refractivity contribution in [3.05, 3.63) is 53.1 Å². The van der Waals surface area contributed by atoms with E-state index in [-0.39, 0.29) is 11.8 Å². The third kappa shape index (κ3) is 3.82. The first-order valence-electron chi connectivity index (χ1n) is 10.4. The second-order valence-electron chi connectivity index (χ2n) is 7.93. The van der Waals surface area contributed by atoms with Crippen LogP contribution in [0.4, 0.5) is 0 Å². The molecule has 0 spiro atoms. The molecule has 2 aliphatic rings. The number of fused-ring (bicyclic) bond motifs is 1. The Bertz CT molecular complexity index is 984. The van der Waals surface area contributed by atoms with E-state index in [0.29, 0.717) is 5.69 Å². The molecule has 2 aromatic heterocycles. The topological polar surface area (TPSA) is 61.6 Å². The van der Waals surface area contributed by atoms with E-state index in [1.165, 1.54) is 22.0 Å². The van der Waals surface area contributed by atoms with Gasteiger partial charge in [-0.3, -0.25) is 9.69 Å². The number of benzene rings is 1. The highest BCUT2D eigenvalue weighted by Crippen LogP contribution is 2.28. The van der Waals surface area contributed by atoms with Crippen molar-refractivity contribution in [1.29, 1.82) is 0 Å². The number of carbonyl (C=O) groups excluding carboxylic acids is 1. The highest BCUT2D eigenvalue weighted by Gasteiger charge is 2.30. The number of piperidine rings is 1. The van der Waals surface area contributed by atoms with Crippen molar-refractivity contribution >= 4 is 27.3 Å². The van der Waals surface area contributed by atoms with Crippen molar-refractivity contribution in [3.8, 4) is 0 Å². The van der Waals surface area contributed by atoms with Gasteiger partial charge < -0.3 is 14.6 Å². The fourth-order valence-corrected chi connectivity index (χ4v) is 5.39. The minimum atomic E-state index is 0.0138. The van der Waals surface area contributed by atoms with Gasteiger partial charge in [-0.25, -0.2) is 4.98 Å². The normalized spacial score (nSPS) is 21.0. The van der Waals surface area contributed by atoms with Crippen LogP contribution in [0.3, 0.4) is 0 Å². The highest BCUT2D eigenvalue weighted by molar-refractivity contribution is 7.17. The second kappa shape index (κ2) is 8.26. The molecule has 0 radical (unpaired) electrons. The van der Waals surface area contributed by atoms with E-state index in [2.05, 4.69) is 44.8 Å². The van der Waals surface area contributed by atoms with Crippen LogP contribution in [0.15, 0.2) is 40.5 Å². The Morgan fingerprint density at radius 2 is 2.10 bits per heavy atom. The van der Waals surface area contributed by atoms with Crippen LogP contribution in [0.5, 0.6) is 0 Å². The number of nitrogens with one attached hydrogen (secondary N) is 1. The van der Waals surface area contributed by atoms with E-state index >= 15 is 0 Å². The number of oxazole rings is 1. The molecular weight excluding hydrogens is 384 g/mol. The van der Waals surface area contributed by atoms with Crippen molar-refractivity contribution < 1.29 is 9.21 Å². The zero-order valence-corrected chi connectivity index (χ0v) is 17.3. The van der Waals surface area contributed by atoms with E-state index in [9.17, 15) is 4.79 Å². The van der Waals surface area contributed by atoms with Crippen LogP contribution in [0.1, 0.15) is 40.6 Å². The quantitative estimate of drug-likeness (QED) is 0.715. The molecule has 1 aromatic carbocycles. The summed E-state index contributed by atoms with van der Waals surface area (Å²) in [5, 5.41) is 7.01. The first-order valence-corrected chi connectivity index (χ1v) is 11.3. The Morgan fingerprint density at radius 3 is 2.93 bits per heavy atom. The fraction of sp³-hybridized carbons (Fsp3) is 0.455. The number of piperazine rings is 1. The molecule has 0 saturated carbocycles. The SMILES string of the molecule is O=C(c1ncoc1C1CCCNC1)N1CCN(Cc2csc3ccccc23)CC1. The molecule has 0 aliphatic carbocycles. The maximum absolute atomic E-state index is 13.1. The number of carbonyl (C=O) groups is 1. The first-order chi connectivity index (χ1) is 14.3. The van der Waals surface area contributed by atoms with Gasteiger partial charge in [-0.15, -0.1) is 11.3 Å². The van der Waals surface area contributed by atoms with Crippen molar-refractivity contribution in [3.63, 3.8) is 0 Å². The molecule has 2 fully saturated rings. The monoisotopic (exact) mass is 410 g/mol. The molecule has 29 heavy (non-hydrogen) atoms. The number of aromatic nitrogens is 1. The predicted molar refractivity (Wildman–Crippen MR) is 114 cm³/mol. The molecule has 3 aromatic rings. The standard InChI is InChI=1S/C22H26N4O2S/c27-22(20-21(28-15-24-20)16-4-3-7-23-12-16)26-10-8-25(9-11-26)13-17-14-29-19-6-2-1-5-18(17)19/h1-2,5-6,14-16,23H,3-4,7-13H2. The lowest BCUT2D eigenvalue weighted by molar-refractivity contribution is 0.0620. The van der Waals surface area contributed by atoms with Crippen molar-refractivity contribution in [1.82, 2.24) is 20.1 Å². The fourth-order valence-electron chi connectivity index (χ4n) is 4.44. The summed E-state index contributed by atoms with van der Waals surface area (Å²) >= 11 is 1.81. The van der Waals surface area contributed by atoms with E-state index in [1.807, 2.05) is 4.90 Å². The average molecular weight is 411 g/mol. The Hall–Kier alpha value is -2.22. The van der Waals surface area contributed by atoms with Gasteiger partial charge in [0, 0.05) is 49.9 Å². The number of rotatable bonds is 4. The summed E-state index contributed by atoms with van der Waals surface area (Å²) in [5.41, 5.74) is 1.89. The summed E-state index contributed by atoms with van der Waals surface area (Å²) in [6.45, 7) is 6.07. The van der Waals surface area contributed by atoms with Crippen LogP contribution in [0.2, 0.25) is 0 Å². The van der Waals surface area contributed by atoms with Gasteiger partial charge in [0.2, 0.25) is 0 Å². The van der Waals surface area contributed by atoms with Crippen LogP contribution < -0.4 is 5.32 Å². The lowest BCUT2D eigenvalue weighted by atomic mass is 9.95. The minimum absolute atomic E-state index is 0.0138. The van der Waals surface area contributed by atoms with Crippen LogP contribution >= 0.6 is 11.3 Å². The van der Waals surface area contributed by atoms with E-state index in [0.717, 1.165) is 64.4 Å². The first kappa shape index (κ1) is 18.8. The van der Waals surface area contributed by atoms with E-state index < -0.39 is 0 Å². The van der Waals surface area contributed by atoms with Crippen LogP contribution in [0.25, 0.3) is 10.1 Å². The zero-order chi connectivity index (χ0) is 19.6. The molecule has 1 amide bonds. The number of nitrogens with zero attached hydrogens (tertiary/aromatic N) is 3. The molecule has 152 valence electrons. The molecule has 0 bridgehead atoms. The zero-order valence-electron chi connectivity index (χ0n) is 16.5. The van der Waals surface area contributed by atoms with Crippen molar-refractivity contribution in [2.24, 2.45) is 0 Å². The van der Waals surface area contributed by atoms with Gasteiger partial charge in [-0.05, 0) is 41.8 Å². The molecule has 4 heterocycles. The van der Waals surface area contributed by atoms with Crippen molar-refractivity contribution in [2.75, 3.05) is 39.3 Å². The van der Waals surface area contributed by atoms with Crippen LogP contribution in [-0.4, -0.2) is 60.0 Å². The summed E-state index contributed by atoms with van der Waals surface area (Å²) in [6.07, 6.45) is 3.58. The van der Waals surface area contributed by atoms with Gasteiger partial charge in [0.15, 0.2) is 12.1 Å². The van der Waals surface area contributed by atoms with E-state index in [1.54, 1.807) is 11.3 Å². The molecule has 1 unspecified atom stereocenters. The minimum Gasteiger partial charge on any atom is -0.447 e. The van der Waals surface area contributed by atoms with Gasteiger partial charge in [-0.2, -0.15) is 0 Å². The summed E-state index contributed by atoms with van der Waals surface area (Å²) in [4.78, 5) is 21.7. The predicted octanol–water partition coefficient (Wildman–Crippen LogP) is 3.31. The van der Waals surface area contributed by atoms with Gasteiger partial charge in [0.25, 0.3) is 5.91 Å². The molecular formula is C22H26N4O2S. The molecule has 6 nitrogen and oxygen atoms in total. The maximum atomic E-state index is 13.1. The summed E-state index contributed by atoms with van der Waals surface area (Å²) in [5.74, 6) is 1.02. The van der Waals surface area contributed by atoms with Gasteiger partial charge >= 0.3 is 0 Å². The van der Waals surface area contributed by atoms with Crippen LogP contribution in [0, 0.1) is 0 Å². The van der Waals surface area contributed by atoms with Gasteiger partial charge in [0.1, 0.15) is 5.76 Å². The molecule has 2 aliphatic heterocycles. The smallest absolute Gasteiger partial charge is 0.276 e. The number of thiophene rings is 1.